The molecule has 3 rings (SSSR count). The zero-order valence-electron chi connectivity index (χ0n) is 15.0. The predicted molar refractivity (Wildman–Crippen MR) is 106 cm³/mol. The maximum Gasteiger partial charge on any atom is 0.234 e. The van der Waals surface area contributed by atoms with E-state index in [0.29, 0.717) is 10.9 Å². The number of thioether (sulfide) groups is 1. The normalized spacial score (nSPS) is 10.6. The molecule has 0 spiro atoms. The summed E-state index contributed by atoms with van der Waals surface area (Å²) in [5, 5.41) is 3.67. The molecule has 0 radical (unpaired) electrons. The molecule has 0 unspecified atom stereocenters. The van der Waals surface area contributed by atoms with Gasteiger partial charge in [0.15, 0.2) is 5.16 Å². The number of carbonyl (C=O) groups is 1. The highest BCUT2D eigenvalue weighted by Crippen LogP contribution is 2.24. The van der Waals surface area contributed by atoms with Crippen LogP contribution in [0.3, 0.4) is 0 Å². The standard InChI is InChI=1S/C20H21N3O2S/c1-13-4-5-14(2)17(10-13)22-19(24)12-26-20-21-11-18(23-20)15-6-8-16(25-3)9-7-15/h4-11H,12H2,1-3H3,(H,21,23)(H,22,24). The summed E-state index contributed by atoms with van der Waals surface area (Å²) in [5.41, 5.74) is 4.95. The highest BCUT2D eigenvalue weighted by Gasteiger charge is 2.09. The number of hydrogen-bond donors (Lipinski definition) is 2. The van der Waals surface area contributed by atoms with Crippen molar-refractivity contribution in [2.45, 2.75) is 19.0 Å². The lowest BCUT2D eigenvalue weighted by atomic mass is 10.1. The van der Waals surface area contributed by atoms with Gasteiger partial charge in [0.05, 0.1) is 24.8 Å². The summed E-state index contributed by atoms with van der Waals surface area (Å²) in [6.45, 7) is 3.99. The molecule has 0 atom stereocenters. The number of H-pyrrole nitrogens is 1. The van der Waals surface area contributed by atoms with Crippen molar-refractivity contribution in [3.63, 3.8) is 0 Å². The second-order valence-corrected chi connectivity index (χ2v) is 6.95. The molecule has 0 saturated carbocycles. The van der Waals surface area contributed by atoms with Gasteiger partial charge in [-0.05, 0) is 60.9 Å². The first-order valence-electron chi connectivity index (χ1n) is 8.24. The maximum atomic E-state index is 12.2. The molecule has 0 aliphatic rings. The number of benzene rings is 2. The van der Waals surface area contributed by atoms with Crippen molar-refractivity contribution in [3.05, 3.63) is 59.8 Å². The second kappa shape index (κ2) is 8.10. The molecule has 0 bridgehead atoms. The number of imidazole rings is 1. The van der Waals surface area contributed by atoms with Crippen molar-refractivity contribution < 1.29 is 9.53 Å². The van der Waals surface area contributed by atoms with E-state index in [4.69, 9.17) is 4.74 Å². The maximum absolute atomic E-state index is 12.2. The number of methoxy groups -OCH3 is 1. The van der Waals surface area contributed by atoms with E-state index in [1.165, 1.54) is 11.8 Å². The van der Waals surface area contributed by atoms with Crippen LogP contribution in [0.15, 0.2) is 53.8 Å². The molecule has 1 aromatic heterocycles. The summed E-state index contributed by atoms with van der Waals surface area (Å²) in [7, 11) is 1.64. The number of anilines is 1. The summed E-state index contributed by atoms with van der Waals surface area (Å²) in [5.74, 6) is 1.06. The fourth-order valence-electron chi connectivity index (χ4n) is 2.48. The molecule has 134 valence electrons. The highest BCUT2D eigenvalue weighted by molar-refractivity contribution is 7.99. The van der Waals surface area contributed by atoms with Gasteiger partial charge in [-0.15, -0.1) is 0 Å². The number of amides is 1. The van der Waals surface area contributed by atoms with Gasteiger partial charge >= 0.3 is 0 Å². The van der Waals surface area contributed by atoms with E-state index in [0.717, 1.165) is 33.8 Å². The summed E-state index contributed by atoms with van der Waals surface area (Å²) in [4.78, 5) is 19.8. The Morgan fingerprint density at radius 3 is 2.69 bits per heavy atom. The lowest BCUT2D eigenvalue weighted by Gasteiger charge is -2.08. The molecular weight excluding hydrogens is 346 g/mol. The number of rotatable bonds is 6. The van der Waals surface area contributed by atoms with Crippen molar-refractivity contribution in [2.75, 3.05) is 18.2 Å². The van der Waals surface area contributed by atoms with E-state index in [-0.39, 0.29) is 5.91 Å². The fraction of sp³-hybridized carbons (Fsp3) is 0.200. The van der Waals surface area contributed by atoms with Gasteiger partial charge in [0, 0.05) is 5.69 Å². The minimum atomic E-state index is -0.0499. The van der Waals surface area contributed by atoms with E-state index in [1.54, 1.807) is 13.3 Å². The average molecular weight is 367 g/mol. The molecule has 1 heterocycles. The van der Waals surface area contributed by atoms with Gasteiger partial charge in [-0.2, -0.15) is 0 Å². The lowest BCUT2D eigenvalue weighted by molar-refractivity contribution is -0.113. The number of aryl methyl sites for hydroxylation is 2. The molecule has 0 aliphatic carbocycles. The molecule has 5 nitrogen and oxygen atoms in total. The van der Waals surface area contributed by atoms with Crippen LogP contribution >= 0.6 is 11.8 Å². The lowest BCUT2D eigenvalue weighted by Crippen LogP contribution is -2.15. The molecule has 6 heteroatoms. The SMILES string of the molecule is COc1ccc(-c2cnc(SCC(=O)Nc3cc(C)ccc3C)[nH]2)cc1. The Balaban J connectivity index is 1.58. The number of ether oxygens (including phenoxy) is 1. The van der Waals surface area contributed by atoms with Gasteiger partial charge in [-0.3, -0.25) is 4.79 Å². The first-order valence-corrected chi connectivity index (χ1v) is 9.23. The van der Waals surface area contributed by atoms with Crippen LogP contribution in [0, 0.1) is 13.8 Å². The van der Waals surface area contributed by atoms with E-state index in [1.807, 2.05) is 56.3 Å². The van der Waals surface area contributed by atoms with E-state index in [9.17, 15) is 4.79 Å². The molecule has 0 fully saturated rings. The zero-order valence-corrected chi connectivity index (χ0v) is 15.8. The molecule has 1 amide bonds. The summed E-state index contributed by atoms with van der Waals surface area (Å²) in [6.07, 6.45) is 1.77. The minimum Gasteiger partial charge on any atom is -0.497 e. The first kappa shape index (κ1) is 18.1. The first-order chi connectivity index (χ1) is 12.5. The molecule has 2 aromatic carbocycles. The molecule has 0 saturated heterocycles. The topological polar surface area (TPSA) is 67.0 Å². The van der Waals surface area contributed by atoms with Gasteiger partial charge in [0.1, 0.15) is 5.75 Å². The monoisotopic (exact) mass is 367 g/mol. The van der Waals surface area contributed by atoms with Crippen LogP contribution in [-0.2, 0) is 4.79 Å². The molecule has 26 heavy (non-hydrogen) atoms. The van der Waals surface area contributed by atoms with Crippen LogP contribution in [0.1, 0.15) is 11.1 Å². The van der Waals surface area contributed by atoms with Crippen molar-refractivity contribution in [2.24, 2.45) is 0 Å². The number of aromatic amines is 1. The van der Waals surface area contributed by atoms with Crippen molar-refractivity contribution in [1.29, 1.82) is 0 Å². The van der Waals surface area contributed by atoms with Gasteiger partial charge in [-0.25, -0.2) is 4.98 Å². The van der Waals surface area contributed by atoms with Crippen LogP contribution in [0.5, 0.6) is 5.75 Å². The number of hydrogen-bond acceptors (Lipinski definition) is 4. The highest BCUT2D eigenvalue weighted by atomic mass is 32.2. The third-order valence-corrected chi connectivity index (χ3v) is 4.85. The number of carbonyl (C=O) groups excluding carboxylic acids is 1. The Kier molecular flexibility index (Phi) is 5.63. The molecular formula is C20H21N3O2S. The van der Waals surface area contributed by atoms with Crippen LogP contribution in [0.25, 0.3) is 11.3 Å². The van der Waals surface area contributed by atoms with Crippen molar-refractivity contribution in [3.8, 4) is 17.0 Å². The Morgan fingerprint density at radius 2 is 1.96 bits per heavy atom. The molecule has 2 N–H and O–H groups in total. The van der Waals surface area contributed by atoms with E-state index in [2.05, 4.69) is 15.3 Å². The third-order valence-electron chi connectivity index (χ3n) is 3.96. The van der Waals surface area contributed by atoms with Gasteiger partial charge in [0.2, 0.25) is 5.91 Å². The number of aromatic nitrogens is 2. The molecule has 0 aliphatic heterocycles. The van der Waals surface area contributed by atoms with Gasteiger partial charge in [-0.1, -0.05) is 23.9 Å². The number of nitrogens with zero attached hydrogens (tertiary/aromatic N) is 1. The van der Waals surface area contributed by atoms with Crippen LogP contribution in [0.2, 0.25) is 0 Å². The van der Waals surface area contributed by atoms with Gasteiger partial charge in [0.25, 0.3) is 0 Å². The van der Waals surface area contributed by atoms with Crippen LogP contribution < -0.4 is 10.1 Å². The number of nitrogens with one attached hydrogen (secondary N) is 2. The predicted octanol–water partition coefficient (Wildman–Crippen LogP) is 4.43. The Hall–Kier alpha value is -2.73. The minimum absolute atomic E-state index is 0.0499. The van der Waals surface area contributed by atoms with Crippen molar-refractivity contribution >= 4 is 23.4 Å². The zero-order chi connectivity index (χ0) is 18.5. The summed E-state index contributed by atoms with van der Waals surface area (Å²) >= 11 is 1.38. The Labute approximate surface area is 157 Å². The largest absolute Gasteiger partial charge is 0.497 e. The summed E-state index contributed by atoms with van der Waals surface area (Å²) in [6, 6.07) is 13.8. The summed E-state index contributed by atoms with van der Waals surface area (Å²) < 4.78 is 5.17. The van der Waals surface area contributed by atoms with E-state index >= 15 is 0 Å². The smallest absolute Gasteiger partial charge is 0.234 e. The van der Waals surface area contributed by atoms with Crippen LogP contribution in [0.4, 0.5) is 5.69 Å². The van der Waals surface area contributed by atoms with Gasteiger partial charge < -0.3 is 15.0 Å². The Morgan fingerprint density at radius 1 is 1.19 bits per heavy atom. The average Bonchev–Trinajstić information content (AvgIpc) is 3.12. The third kappa shape index (κ3) is 4.46. The Bertz CT molecular complexity index is 904. The van der Waals surface area contributed by atoms with Crippen LogP contribution in [-0.4, -0.2) is 28.7 Å². The quantitative estimate of drug-likeness (QED) is 0.633. The molecule has 3 aromatic rings. The van der Waals surface area contributed by atoms with E-state index < -0.39 is 0 Å². The van der Waals surface area contributed by atoms with Crippen molar-refractivity contribution in [1.82, 2.24) is 9.97 Å². The second-order valence-electron chi connectivity index (χ2n) is 5.99. The fourth-order valence-corrected chi connectivity index (χ4v) is 3.13.